The number of ether oxygens (including phenoxy) is 4. The average Bonchev–Trinajstić information content (AvgIpc) is 3.20. The fourth-order valence-electron chi connectivity index (χ4n) is 4.70. The Morgan fingerprint density at radius 2 is 1.60 bits per heavy atom. The highest BCUT2D eigenvalue weighted by molar-refractivity contribution is 6.46. The first kappa shape index (κ1) is 28.5. The Labute approximate surface area is 234 Å². The largest absolute Gasteiger partial charge is 0.507 e. The molecule has 210 valence electrons. The molecule has 1 aliphatic rings. The third kappa shape index (κ3) is 5.59. The van der Waals surface area contributed by atoms with E-state index in [1.54, 1.807) is 54.9 Å². The van der Waals surface area contributed by atoms with Gasteiger partial charge in [-0.1, -0.05) is 13.8 Å². The first-order chi connectivity index (χ1) is 19.2. The van der Waals surface area contributed by atoms with Crippen molar-refractivity contribution in [1.29, 1.82) is 0 Å². The van der Waals surface area contributed by atoms with Crippen LogP contribution in [-0.2, 0) is 16.1 Å². The molecular weight excluding hydrogens is 512 g/mol. The van der Waals surface area contributed by atoms with Crippen LogP contribution in [0.3, 0.4) is 0 Å². The van der Waals surface area contributed by atoms with Gasteiger partial charge in [0, 0.05) is 24.5 Å². The second-order valence-corrected chi connectivity index (χ2v) is 9.93. The number of methoxy groups -OCH3 is 3. The van der Waals surface area contributed by atoms with Gasteiger partial charge in [-0.25, -0.2) is 0 Å². The van der Waals surface area contributed by atoms with Crippen LogP contribution in [0.25, 0.3) is 5.76 Å². The molecule has 2 heterocycles. The number of amides is 1. The van der Waals surface area contributed by atoms with Crippen LogP contribution in [0.1, 0.15) is 42.1 Å². The average molecular weight is 547 g/mol. The molecule has 40 heavy (non-hydrogen) atoms. The molecule has 0 radical (unpaired) electrons. The molecule has 1 unspecified atom stereocenters. The molecule has 1 N–H and O–H groups in total. The summed E-state index contributed by atoms with van der Waals surface area (Å²) in [6, 6.07) is 11.1. The quantitative estimate of drug-likeness (QED) is 0.213. The summed E-state index contributed by atoms with van der Waals surface area (Å²) in [6.07, 6.45) is 3.23. The van der Waals surface area contributed by atoms with Gasteiger partial charge in [-0.05, 0) is 72.0 Å². The summed E-state index contributed by atoms with van der Waals surface area (Å²) in [5.41, 5.74) is 2.44. The molecule has 0 saturated carbocycles. The third-order valence-electron chi connectivity index (χ3n) is 6.67. The zero-order chi connectivity index (χ0) is 29.0. The third-order valence-corrected chi connectivity index (χ3v) is 6.67. The number of hydrogen-bond acceptors (Lipinski definition) is 8. The zero-order valence-electron chi connectivity index (χ0n) is 23.6. The van der Waals surface area contributed by atoms with Crippen molar-refractivity contribution < 1.29 is 33.6 Å². The van der Waals surface area contributed by atoms with Crippen molar-refractivity contribution >= 4 is 17.4 Å². The summed E-state index contributed by atoms with van der Waals surface area (Å²) in [5.74, 6) is 0.309. The van der Waals surface area contributed by atoms with Crippen LogP contribution in [-0.4, -0.2) is 54.6 Å². The van der Waals surface area contributed by atoms with Gasteiger partial charge < -0.3 is 29.0 Å². The van der Waals surface area contributed by atoms with Crippen molar-refractivity contribution in [2.75, 3.05) is 27.9 Å². The van der Waals surface area contributed by atoms with Crippen molar-refractivity contribution in [2.45, 2.75) is 33.4 Å². The van der Waals surface area contributed by atoms with Gasteiger partial charge in [-0.3, -0.25) is 14.6 Å². The molecule has 9 heteroatoms. The van der Waals surface area contributed by atoms with E-state index >= 15 is 0 Å². The Morgan fingerprint density at radius 3 is 2.15 bits per heavy atom. The molecular formula is C31H34N2O7. The monoisotopic (exact) mass is 546 g/mol. The molecule has 0 aliphatic carbocycles. The minimum atomic E-state index is -0.931. The number of aromatic nitrogens is 1. The molecule has 4 rings (SSSR count). The fourth-order valence-corrected chi connectivity index (χ4v) is 4.70. The van der Waals surface area contributed by atoms with E-state index < -0.39 is 17.7 Å². The Morgan fingerprint density at radius 1 is 0.950 bits per heavy atom. The molecule has 0 bridgehead atoms. The highest BCUT2D eigenvalue weighted by Gasteiger charge is 2.46. The fraction of sp³-hybridized carbons (Fsp3) is 0.323. The summed E-state index contributed by atoms with van der Waals surface area (Å²) < 4.78 is 22.4. The van der Waals surface area contributed by atoms with Gasteiger partial charge in [0.2, 0.25) is 5.75 Å². The Kier molecular flexibility index (Phi) is 8.62. The summed E-state index contributed by atoms with van der Waals surface area (Å²) in [5, 5.41) is 11.6. The van der Waals surface area contributed by atoms with Gasteiger partial charge in [-0.15, -0.1) is 0 Å². The molecule has 9 nitrogen and oxygen atoms in total. The Bertz CT molecular complexity index is 1410. The number of carbonyl (C=O) groups is 2. The zero-order valence-corrected chi connectivity index (χ0v) is 23.6. The predicted octanol–water partition coefficient (Wildman–Crippen LogP) is 5.07. The number of aryl methyl sites for hydroxylation is 1. The smallest absolute Gasteiger partial charge is 0.295 e. The predicted molar refractivity (Wildman–Crippen MR) is 150 cm³/mol. The molecule has 1 aliphatic heterocycles. The van der Waals surface area contributed by atoms with Crippen molar-refractivity contribution in [3.63, 3.8) is 0 Å². The minimum Gasteiger partial charge on any atom is -0.507 e. The van der Waals surface area contributed by atoms with Crippen LogP contribution >= 0.6 is 0 Å². The van der Waals surface area contributed by atoms with Crippen LogP contribution in [0.5, 0.6) is 23.0 Å². The lowest BCUT2D eigenvalue weighted by atomic mass is 9.94. The molecule has 1 atom stereocenters. The standard InChI is InChI=1S/C31H34N2O7/c1-18(2)17-40-23-8-7-21(13-19(23)3)28(34)26-27(22-14-24(37-4)30(39-6)25(15-22)38-5)33(31(36)29(26)35)16-20-9-11-32-12-10-20/h7-15,18,27,34H,16-17H2,1-6H3/b28-26+. The SMILES string of the molecule is COc1cc(C2/C(=C(\O)c3ccc(OCC(C)C)c(C)c3)C(=O)C(=O)N2Cc2ccncc2)cc(OC)c1OC. The van der Waals surface area contributed by atoms with Gasteiger partial charge in [0.1, 0.15) is 11.5 Å². The van der Waals surface area contributed by atoms with Crippen LogP contribution in [0.2, 0.25) is 0 Å². The van der Waals surface area contributed by atoms with Crippen molar-refractivity contribution in [3.8, 4) is 23.0 Å². The number of likely N-dealkylation sites (tertiary alicyclic amines) is 1. The first-order valence-electron chi connectivity index (χ1n) is 12.9. The van der Waals surface area contributed by atoms with Crippen LogP contribution < -0.4 is 18.9 Å². The number of aliphatic hydroxyl groups is 1. The number of ketones is 1. The van der Waals surface area contributed by atoms with E-state index in [4.69, 9.17) is 18.9 Å². The van der Waals surface area contributed by atoms with E-state index in [-0.39, 0.29) is 17.9 Å². The molecule has 1 fully saturated rings. The number of benzene rings is 2. The van der Waals surface area contributed by atoms with E-state index in [1.807, 2.05) is 6.92 Å². The first-order valence-corrected chi connectivity index (χ1v) is 12.9. The van der Waals surface area contributed by atoms with Crippen LogP contribution in [0, 0.1) is 12.8 Å². The topological polar surface area (TPSA) is 107 Å². The molecule has 1 amide bonds. The van der Waals surface area contributed by atoms with E-state index in [0.29, 0.717) is 46.6 Å². The lowest BCUT2D eigenvalue weighted by Gasteiger charge is -2.26. The number of pyridine rings is 1. The van der Waals surface area contributed by atoms with E-state index in [0.717, 1.165) is 11.1 Å². The number of nitrogens with zero attached hydrogens (tertiary/aromatic N) is 2. The number of Topliss-reactive ketones (excluding diaryl/α,β-unsaturated/α-hetero) is 1. The maximum Gasteiger partial charge on any atom is 0.295 e. The summed E-state index contributed by atoms with van der Waals surface area (Å²) in [7, 11) is 4.47. The van der Waals surface area contributed by atoms with E-state index in [2.05, 4.69) is 18.8 Å². The molecule has 2 aromatic carbocycles. The van der Waals surface area contributed by atoms with Gasteiger partial charge in [0.25, 0.3) is 11.7 Å². The number of hydrogen-bond donors (Lipinski definition) is 1. The van der Waals surface area contributed by atoms with Crippen LogP contribution in [0.15, 0.2) is 60.4 Å². The second kappa shape index (κ2) is 12.1. The lowest BCUT2D eigenvalue weighted by Crippen LogP contribution is -2.29. The number of aliphatic hydroxyl groups excluding tert-OH is 1. The molecule has 0 spiro atoms. The number of carbonyl (C=O) groups excluding carboxylic acids is 2. The minimum absolute atomic E-state index is 0.0384. The summed E-state index contributed by atoms with van der Waals surface area (Å²) >= 11 is 0. The maximum atomic E-state index is 13.5. The molecule has 1 aromatic heterocycles. The maximum absolute atomic E-state index is 13.5. The Hall–Kier alpha value is -4.53. The molecule has 3 aromatic rings. The van der Waals surface area contributed by atoms with E-state index in [1.165, 1.54) is 26.2 Å². The van der Waals surface area contributed by atoms with E-state index in [9.17, 15) is 14.7 Å². The van der Waals surface area contributed by atoms with Crippen molar-refractivity contribution in [3.05, 3.63) is 82.7 Å². The second-order valence-electron chi connectivity index (χ2n) is 9.93. The normalized spacial score (nSPS) is 16.4. The summed E-state index contributed by atoms with van der Waals surface area (Å²) in [6.45, 7) is 6.65. The van der Waals surface area contributed by atoms with Crippen molar-refractivity contribution in [1.82, 2.24) is 9.88 Å². The van der Waals surface area contributed by atoms with Gasteiger partial charge in [0.05, 0.1) is 39.6 Å². The van der Waals surface area contributed by atoms with Gasteiger partial charge in [-0.2, -0.15) is 0 Å². The van der Waals surface area contributed by atoms with Crippen LogP contribution in [0.4, 0.5) is 0 Å². The number of rotatable bonds is 10. The Balaban J connectivity index is 1.88. The van der Waals surface area contributed by atoms with Crippen molar-refractivity contribution in [2.24, 2.45) is 5.92 Å². The molecule has 1 saturated heterocycles. The lowest BCUT2D eigenvalue weighted by molar-refractivity contribution is -0.140. The van der Waals surface area contributed by atoms with Gasteiger partial charge >= 0.3 is 0 Å². The summed E-state index contributed by atoms with van der Waals surface area (Å²) in [4.78, 5) is 32.4. The van der Waals surface area contributed by atoms with Gasteiger partial charge in [0.15, 0.2) is 11.5 Å². The highest BCUT2D eigenvalue weighted by Crippen LogP contribution is 2.46. The highest BCUT2D eigenvalue weighted by atomic mass is 16.5.